The van der Waals surface area contributed by atoms with Crippen molar-refractivity contribution in [1.29, 1.82) is 0 Å². The van der Waals surface area contributed by atoms with Crippen molar-refractivity contribution in [3.05, 3.63) is 84.0 Å². The van der Waals surface area contributed by atoms with Crippen LogP contribution in [0.25, 0.3) is 6.08 Å². The molecule has 1 aromatic heterocycles. The van der Waals surface area contributed by atoms with Gasteiger partial charge in [0.15, 0.2) is 28.0 Å². The fraction of sp³-hybridized carbons (Fsp3) is 0.324. The van der Waals surface area contributed by atoms with E-state index >= 15 is 0 Å². The summed E-state index contributed by atoms with van der Waals surface area (Å²) in [6.45, 7) is 8.87. The molecule has 5 rings (SSSR count). The second-order valence-corrected chi connectivity index (χ2v) is 12.4. The fourth-order valence-electron chi connectivity index (χ4n) is 5.40. The number of fused-ring (bicyclic) bond motifs is 1. The van der Waals surface area contributed by atoms with E-state index in [2.05, 4.69) is 15.0 Å². The average Bonchev–Trinajstić information content (AvgIpc) is 3.37. The van der Waals surface area contributed by atoms with E-state index in [1.165, 1.54) is 22.7 Å². The van der Waals surface area contributed by atoms with Crippen LogP contribution in [0.4, 0.5) is 5.69 Å². The minimum Gasteiger partial charge on any atom is -0.490 e. The molecule has 0 bridgehead atoms. The Kier molecular flexibility index (Phi) is 10.4. The van der Waals surface area contributed by atoms with Crippen LogP contribution in [0, 0.1) is 19.8 Å². The highest BCUT2D eigenvalue weighted by molar-refractivity contribution is 7.80. The monoisotopic (exact) mass is 706 g/mol. The largest absolute Gasteiger partial charge is 0.490 e. The van der Waals surface area contributed by atoms with Gasteiger partial charge in [-0.2, -0.15) is 0 Å². The molecule has 2 amide bonds. The lowest BCUT2D eigenvalue weighted by Crippen LogP contribution is -2.58. The lowest BCUT2D eigenvalue weighted by atomic mass is 9.95. The van der Waals surface area contributed by atoms with Crippen molar-refractivity contribution in [3.63, 3.8) is 0 Å². The van der Waals surface area contributed by atoms with Gasteiger partial charge in [-0.15, -0.1) is 0 Å². The summed E-state index contributed by atoms with van der Waals surface area (Å²) in [4.78, 5) is 72.3. The number of hydrogen-bond donors (Lipinski definition) is 1. The Morgan fingerprint density at radius 1 is 1.00 bits per heavy atom. The van der Waals surface area contributed by atoms with Crippen LogP contribution in [-0.4, -0.2) is 60.4 Å². The molecule has 1 saturated heterocycles. The number of ether oxygens (including phenoxy) is 4. The van der Waals surface area contributed by atoms with E-state index in [1.807, 2.05) is 19.9 Å². The van der Waals surface area contributed by atoms with Crippen LogP contribution in [0.15, 0.2) is 57.5 Å². The molecular formula is C34H34N4O9S2. The first-order chi connectivity index (χ1) is 23.4. The molecule has 3 aromatic rings. The number of thiocarbonyl (C=S) groups is 1. The molecule has 2 aliphatic rings. The number of hydrogen-bond acceptors (Lipinski definition) is 12. The van der Waals surface area contributed by atoms with Crippen LogP contribution in [0.3, 0.4) is 0 Å². The second kappa shape index (κ2) is 14.5. The van der Waals surface area contributed by atoms with Gasteiger partial charge in [-0.05, 0) is 93.9 Å². The highest BCUT2D eigenvalue weighted by Gasteiger charge is 2.39. The van der Waals surface area contributed by atoms with Gasteiger partial charge >= 0.3 is 11.9 Å². The molecule has 1 fully saturated rings. The topological polar surface area (TPSA) is 155 Å². The van der Waals surface area contributed by atoms with Crippen LogP contribution in [0.5, 0.6) is 11.5 Å². The minimum atomic E-state index is -1.38. The Hall–Kier alpha value is -5.15. The summed E-state index contributed by atoms with van der Waals surface area (Å²) in [6, 6.07) is 9.16. The fourth-order valence-corrected chi connectivity index (χ4v) is 6.75. The molecule has 0 spiro atoms. The van der Waals surface area contributed by atoms with Gasteiger partial charge in [-0.25, -0.2) is 14.6 Å². The average molecular weight is 707 g/mol. The van der Waals surface area contributed by atoms with Crippen LogP contribution in [0.1, 0.15) is 43.5 Å². The van der Waals surface area contributed by atoms with Gasteiger partial charge in [0, 0.05) is 0 Å². The quantitative estimate of drug-likeness (QED) is 0.189. The van der Waals surface area contributed by atoms with Crippen molar-refractivity contribution >= 4 is 64.2 Å². The third-order valence-electron chi connectivity index (χ3n) is 7.94. The van der Waals surface area contributed by atoms with Crippen molar-refractivity contribution in [2.45, 2.75) is 40.7 Å². The molecule has 1 N–H and O–H groups in total. The van der Waals surface area contributed by atoms with Gasteiger partial charge in [0.2, 0.25) is 11.8 Å². The number of methoxy groups -OCH3 is 1. The summed E-state index contributed by atoms with van der Waals surface area (Å²) in [5.41, 5.74) is 2.73. The molecule has 3 heterocycles. The van der Waals surface area contributed by atoms with E-state index in [0.29, 0.717) is 16.9 Å². The van der Waals surface area contributed by atoms with Crippen molar-refractivity contribution in [1.82, 2.24) is 9.88 Å². The molecule has 13 nitrogen and oxygen atoms in total. The molecule has 49 heavy (non-hydrogen) atoms. The first kappa shape index (κ1) is 35.2. The van der Waals surface area contributed by atoms with Gasteiger partial charge in [-0.1, -0.05) is 23.5 Å². The molecule has 15 heteroatoms. The van der Waals surface area contributed by atoms with Crippen LogP contribution in [-0.2, 0) is 28.7 Å². The van der Waals surface area contributed by atoms with E-state index in [9.17, 15) is 24.0 Å². The second-order valence-electron chi connectivity index (χ2n) is 11.0. The summed E-state index contributed by atoms with van der Waals surface area (Å²) < 4.78 is 22.8. The van der Waals surface area contributed by atoms with E-state index in [-0.39, 0.29) is 51.3 Å². The van der Waals surface area contributed by atoms with E-state index in [1.54, 1.807) is 51.1 Å². The number of anilines is 1. The van der Waals surface area contributed by atoms with Gasteiger partial charge in [0.25, 0.3) is 5.56 Å². The summed E-state index contributed by atoms with van der Waals surface area (Å²) >= 11 is 6.33. The zero-order chi connectivity index (χ0) is 35.6. The number of amides is 2. The number of rotatable bonds is 10. The Morgan fingerprint density at radius 3 is 2.43 bits per heavy atom. The number of thiazole rings is 1. The standard InChI is InChI=1S/C34H34N4O9S2/c1-7-45-24-14-20(10-12-23(24)47-16-26(39)44-6)28-27(32(43)46-8-2)19(5)35-34-38(28)31(42)25(49-34)15-22-29(40)36-33(48)37(30(22)41)21-11-9-17(3)18(4)13-21/h9-15,22,28H,7-8,16H2,1-6H3,(H,36,40,48)/b25-15+/t22-,28-/m0/s1. The normalized spacial score (nSPS) is 17.7. The Labute approximate surface area is 290 Å². The highest BCUT2D eigenvalue weighted by atomic mass is 32.1. The third kappa shape index (κ3) is 6.89. The molecule has 0 unspecified atom stereocenters. The van der Waals surface area contributed by atoms with Gasteiger partial charge in [0.1, 0.15) is 5.92 Å². The van der Waals surface area contributed by atoms with Crippen molar-refractivity contribution < 1.29 is 38.1 Å². The van der Waals surface area contributed by atoms with Gasteiger partial charge < -0.3 is 24.3 Å². The Morgan fingerprint density at radius 2 is 1.76 bits per heavy atom. The predicted molar refractivity (Wildman–Crippen MR) is 184 cm³/mol. The Balaban J connectivity index is 1.63. The molecule has 0 saturated carbocycles. The summed E-state index contributed by atoms with van der Waals surface area (Å²) in [5.74, 6) is -3.44. The minimum absolute atomic E-state index is 0.0612. The van der Waals surface area contributed by atoms with Gasteiger partial charge in [-0.3, -0.25) is 23.9 Å². The summed E-state index contributed by atoms with van der Waals surface area (Å²) in [7, 11) is 1.24. The lowest BCUT2D eigenvalue weighted by molar-refractivity contribution is -0.143. The first-order valence-electron chi connectivity index (χ1n) is 15.3. The summed E-state index contributed by atoms with van der Waals surface area (Å²) in [5, 5.41) is 2.51. The van der Waals surface area contributed by atoms with Crippen LogP contribution >= 0.6 is 23.6 Å². The van der Waals surface area contributed by atoms with Crippen molar-refractivity contribution in [3.8, 4) is 11.5 Å². The maximum Gasteiger partial charge on any atom is 0.343 e. The zero-order valence-electron chi connectivity index (χ0n) is 27.6. The maximum absolute atomic E-state index is 14.2. The van der Waals surface area contributed by atoms with E-state index in [0.717, 1.165) is 22.5 Å². The molecule has 2 atom stereocenters. The number of carbonyl (C=O) groups excluding carboxylic acids is 4. The molecule has 0 radical (unpaired) electrons. The van der Waals surface area contributed by atoms with Crippen molar-refractivity contribution in [2.24, 2.45) is 10.9 Å². The molecule has 0 aliphatic carbocycles. The number of benzene rings is 2. The molecule has 2 aliphatic heterocycles. The van der Waals surface area contributed by atoms with Gasteiger partial charge in [0.05, 0.1) is 47.9 Å². The van der Waals surface area contributed by atoms with E-state index < -0.39 is 41.3 Å². The Bertz CT molecular complexity index is 2100. The number of esters is 2. The molecule has 2 aromatic carbocycles. The predicted octanol–water partition coefficient (Wildman–Crippen LogP) is 2.38. The van der Waals surface area contributed by atoms with Crippen LogP contribution < -0.4 is 34.6 Å². The number of carbonyl (C=O) groups is 4. The number of allylic oxidation sites excluding steroid dienone is 1. The number of aromatic nitrogens is 1. The highest BCUT2D eigenvalue weighted by Crippen LogP contribution is 2.36. The SMILES string of the molecule is CCOC(=O)C1=C(C)N=c2s/c(=C/[C@H]3C(=O)NC(=S)N(c4ccc(C)c(C)c4)C3=O)c(=O)n2[C@H]1c1ccc(OCC(=O)OC)c(OCC)c1. The molecular weight excluding hydrogens is 673 g/mol. The van der Waals surface area contributed by atoms with Crippen LogP contribution in [0.2, 0.25) is 0 Å². The zero-order valence-corrected chi connectivity index (χ0v) is 29.3. The summed E-state index contributed by atoms with van der Waals surface area (Å²) in [6.07, 6.45) is 1.30. The number of nitrogens with one attached hydrogen (secondary N) is 1. The third-order valence-corrected chi connectivity index (χ3v) is 9.23. The molecule has 256 valence electrons. The first-order valence-corrected chi connectivity index (χ1v) is 16.5. The lowest BCUT2D eigenvalue weighted by Gasteiger charge is -2.31. The maximum atomic E-state index is 14.2. The van der Waals surface area contributed by atoms with Crippen molar-refractivity contribution in [2.75, 3.05) is 31.8 Å². The van der Waals surface area contributed by atoms with E-state index in [4.69, 9.17) is 26.4 Å². The number of aryl methyl sites for hydroxylation is 2. The number of nitrogens with zero attached hydrogens (tertiary/aromatic N) is 3. The smallest absolute Gasteiger partial charge is 0.343 e.